The molecular formula is C10H14N2OS. The van der Waals surface area contributed by atoms with E-state index in [9.17, 15) is 4.79 Å². The van der Waals surface area contributed by atoms with E-state index in [1.807, 2.05) is 6.92 Å². The van der Waals surface area contributed by atoms with Crippen LogP contribution in [0.15, 0.2) is 9.95 Å². The minimum Gasteiger partial charge on any atom is -0.301 e. The Hall–Kier alpha value is -0.770. The Morgan fingerprint density at radius 2 is 2.21 bits per heavy atom. The lowest BCUT2D eigenvalue weighted by molar-refractivity contribution is 0.878. The fourth-order valence-corrected chi connectivity index (χ4v) is 2.26. The number of aryl methyl sites for hydroxylation is 1. The summed E-state index contributed by atoms with van der Waals surface area (Å²) in [5, 5.41) is 0.769. The van der Waals surface area contributed by atoms with Crippen molar-refractivity contribution in [3.63, 3.8) is 0 Å². The molecule has 0 radical (unpaired) electrons. The third-order valence-electron chi connectivity index (χ3n) is 2.53. The number of H-pyrrole nitrogens is 1. The van der Waals surface area contributed by atoms with E-state index in [-0.39, 0.29) is 5.56 Å². The van der Waals surface area contributed by atoms with Gasteiger partial charge in [0, 0.05) is 17.0 Å². The van der Waals surface area contributed by atoms with Crippen LogP contribution in [0.1, 0.15) is 24.1 Å². The van der Waals surface area contributed by atoms with Crippen LogP contribution in [0.2, 0.25) is 0 Å². The summed E-state index contributed by atoms with van der Waals surface area (Å²) in [4.78, 5) is 18.5. The monoisotopic (exact) mass is 210 g/mol. The van der Waals surface area contributed by atoms with E-state index in [1.54, 1.807) is 18.7 Å². The Balaban J connectivity index is 2.13. The summed E-state index contributed by atoms with van der Waals surface area (Å²) in [6.07, 6.45) is 2.67. The summed E-state index contributed by atoms with van der Waals surface area (Å²) < 4.78 is 0. The molecule has 0 bridgehead atoms. The van der Waals surface area contributed by atoms with Gasteiger partial charge in [-0.2, -0.15) is 0 Å². The number of rotatable bonds is 3. The van der Waals surface area contributed by atoms with Crippen molar-refractivity contribution in [1.29, 1.82) is 0 Å². The molecule has 0 amide bonds. The fraction of sp³-hybridized carbons (Fsp3) is 0.600. The highest BCUT2D eigenvalue weighted by Crippen LogP contribution is 2.33. The first kappa shape index (κ1) is 9.77. The Labute approximate surface area is 87.3 Å². The van der Waals surface area contributed by atoms with E-state index in [4.69, 9.17) is 0 Å². The molecule has 4 heteroatoms. The van der Waals surface area contributed by atoms with Crippen LogP contribution >= 0.6 is 11.8 Å². The normalized spacial score (nSPS) is 15.9. The van der Waals surface area contributed by atoms with Gasteiger partial charge in [-0.25, -0.2) is 4.98 Å². The highest BCUT2D eigenvalue weighted by Gasteiger charge is 2.21. The molecule has 1 aliphatic carbocycles. The van der Waals surface area contributed by atoms with Crippen molar-refractivity contribution in [3.05, 3.63) is 21.6 Å². The van der Waals surface area contributed by atoms with E-state index >= 15 is 0 Å². The number of hydrogen-bond acceptors (Lipinski definition) is 3. The van der Waals surface area contributed by atoms with Gasteiger partial charge in [0.2, 0.25) is 0 Å². The van der Waals surface area contributed by atoms with E-state index in [0.29, 0.717) is 0 Å². The van der Waals surface area contributed by atoms with Crippen LogP contribution in [-0.2, 0) is 0 Å². The lowest BCUT2D eigenvalue weighted by Gasteiger charge is -2.02. The summed E-state index contributed by atoms with van der Waals surface area (Å²) >= 11 is 1.66. The molecule has 1 aromatic rings. The quantitative estimate of drug-likeness (QED) is 0.612. The largest absolute Gasteiger partial charge is 0.301 e. The fourth-order valence-electron chi connectivity index (χ4n) is 1.17. The van der Waals surface area contributed by atoms with Gasteiger partial charge in [0.05, 0.1) is 0 Å². The maximum absolute atomic E-state index is 11.4. The number of thioether (sulfide) groups is 1. The standard InChI is InChI=1S/C10H14N2OS/c1-6-7(2)11-10(12-9(6)13)14-5-8-3-4-8/h8H,3-5H2,1-2H3,(H,11,12,13). The van der Waals surface area contributed by atoms with E-state index in [0.717, 1.165) is 28.1 Å². The van der Waals surface area contributed by atoms with Crippen LogP contribution in [0.25, 0.3) is 0 Å². The van der Waals surface area contributed by atoms with Gasteiger partial charge >= 0.3 is 0 Å². The molecule has 2 rings (SSSR count). The molecule has 1 saturated carbocycles. The van der Waals surface area contributed by atoms with Gasteiger partial charge in [-0.05, 0) is 32.6 Å². The SMILES string of the molecule is Cc1nc(SCC2CC2)[nH]c(=O)c1C. The van der Waals surface area contributed by atoms with Crippen molar-refractivity contribution in [2.45, 2.75) is 31.8 Å². The molecule has 0 atom stereocenters. The summed E-state index contributed by atoms with van der Waals surface area (Å²) in [5.74, 6) is 1.94. The van der Waals surface area contributed by atoms with Gasteiger partial charge in [0.15, 0.2) is 5.16 Å². The zero-order chi connectivity index (χ0) is 10.1. The van der Waals surface area contributed by atoms with Gasteiger partial charge in [0.1, 0.15) is 0 Å². The van der Waals surface area contributed by atoms with E-state index < -0.39 is 0 Å². The number of aromatic nitrogens is 2. The second kappa shape index (κ2) is 3.77. The van der Waals surface area contributed by atoms with E-state index in [1.165, 1.54) is 12.8 Å². The molecule has 1 aliphatic rings. The van der Waals surface area contributed by atoms with Gasteiger partial charge in [-0.15, -0.1) is 0 Å². The maximum atomic E-state index is 11.4. The summed E-state index contributed by atoms with van der Waals surface area (Å²) in [7, 11) is 0. The molecule has 76 valence electrons. The van der Waals surface area contributed by atoms with Crippen LogP contribution in [0, 0.1) is 19.8 Å². The molecule has 1 fully saturated rings. The van der Waals surface area contributed by atoms with Crippen molar-refractivity contribution >= 4 is 11.8 Å². The van der Waals surface area contributed by atoms with Crippen molar-refractivity contribution in [2.24, 2.45) is 5.92 Å². The summed E-state index contributed by atoms with van der Waals surface area (Å²) in [5.41, 5.74) is 1.56. The molecule has 14 heavy (non-hydrogen) atoms. The van der Waals surface area contributed by atoms with Crippen LogP contribution in [0.4, 0.5) is 0 Å². The highest BCUT2D eigenvalue weighted by atomic mass is 32.2. The average Bonchev–Trinajstić information content (AvgIpc) is 2.94. The zero-order valence-electron chi connectivity index (χ0n) is 8.46. The molecule has 0 spiro atoms. The van der Waals surface area contributed by atoms with Gasteiger partial charge in [-0.1, -0.05) is 11.8 Å². The number of nitrogens with one attached hydrogen (secondary N) is 1. The molecule has 0 aromatic carbocycles. The summed E-state index contributed by atoms with van der Waals surface area (Å²) in [6.45, 7) is 3.68. The van der Waals surface area contributed by atoms with Crippen molar-refractivity contribution in [3.8, 4) is 0 Å². The predicted octanol–water partition coefficient (Wildman–Crippen LogP) is 1.89. The molecule has 1 N–H and O–H groups in total. The third-order valence-corrected chi connectivity index (χ3v) is 3.63. The lowest BCUT2D eigenvalue weighted by atomic mass is 10.3. The minimum atomic E-state index is -0.00389. The molecule has 0 saturated heterocycles. The first-order valence-electron chi connectivity index (χ1n) is 4.87. The third kappa shape index (κ3) is 2.18. The van der Waals surface area contributed by atoms with Gasteiger partial charge in [0.25, 0.3) is 5.56 Å². The molecule has 1 aromatic heterocycles. The van der Waals surface area contributed by atoms with Crippen molar-refractivity contribution < 1.29 is 0 Å². The molecule has 0 aliphatic heterocycles. The topological polar surface area (TPSA) is 45.8 Å². The first-order valence-corrected chi connectivity index (χ1v) is 5.85. The van der Waals surface area contributed by atoms with Crippen molar-refractivity contribution in [2.75, 3.05) is 5.75 Å². The van der Waals surface area contributed by atoms with Crippen LogP contribution in [0.3, 0.4) is 0 Å². The first-order chi connectivity index (χ1) is 6.66. The van der Waals surface area contributed by atoms with E-state index in [2.05, 4.69) is 9.97 Å². The number of hydrogen-bond donors (Lipinski definition) is 1. The van der Waals surface area contributed by atoms with Crippen LogP contribution in [-0.4, -0.2) is 15.7 Å². The molecule has 3 nitrogen and oxygen atoms in total. The Kier molecular flexibility index (Phi) is 2.63. The maximum Gasteiger partial charge on any atom is 0.254 e. The smallest absolute Gasteiger partial charge is 0.254 e. The molecule has 1 heterocycles. The van der Waals surface area contributed by atoms with Crippen LogP contribution < -0.4 is 5.56 Å². The van der Waals surface area contributed by atoms with Gasteiger partial charge in [-0.3, -0.25) is 4.79 Å². The molecular weight excluding hydrogens is 196 g/mol. The van der Waals surface area contributed by atoms with Crippen LogP contribution in [0.5, 0.6) is 0 Å². The lowest BCUT2D eigenvalue weighted by Crippen LogP contribution is -2.14. The Bertz CT molecular complexity index is 396. The highest BCUT2D eigenvalue weighted by molar-refractivity contribution is 7.99. The number of nitrogens with zero attached hydrogens (tertiary/aromatic N) is 1. The second-order valence-electron chi connectivity index (χ2n) is 3.84. The minimum absolute atomic E-state index is 0.00389. The van der Waals surface area contributed by atoms with Gasteiger partial charge < -0.3 is 4.98 Å². The predicted molar refractivity (Wildman–Crippen MR) is 57.8 cm³/mol. The Morgan fingerprint density at radius 3 is 2.79 bits per heavy atom. The zero-order valence-corrected chi connectivity index (χ0v) is 9.28. The number of aromatic amines is 1. The Morgan fingerprint density at radius 1 is 1.50 bits per heavy atom. The summed E-state index contributed by atoms with van der Waals surface area (Å²) in [6, 6.07) is 0. The average molecular weight is 210 g/mol. The van der Waals surface area contributed by atoms with Crippen molar-refractivity contribution in [1.82, 2.24) is 9.97 Å². The second-order valence-corrected chi connectivity index (χ2v) is 4.84. The molecule has 0 unspecified atom stereocenters.